The van der Waals surface area contributed by atoms with Crippen molar-refractivity contribution in [2.24, 2.45) is 5.92 Å². The molecule has 25 heavy (non-hydrogen) atoms. The van der Waals surface area contributed by atoms with Crippen molar-refractivity contribution < 1.29 is 9.90 Å². The predicted molar refractivity (Wildman–Crippen MR) is 101 cm³/mol. The fourth-order valence-corrected chi connectivity index (χ4v) is 3.54. The van der Waals surface area contributed by atoms with Crippen LogP contribution in [0.3, 0.4) is 0 Å². The van der Waals surface area contributed by atoms with E-state index in [0.717, 1.165) is 38.9 Å². The third-order valence-corrected chi connectivity index (χ3v) is 4.85. The van der Waals surface area contributed by atoms with E-state index < -0.39 is 5.97 Å². The molecule has 1 heterocycles. The number of anilines is 2. The highest BCUT2D eigenvalue weighted by Crippen LogP contribution is 2.25. The van der Waals surface area contributed by atoms with E-state index in [2.05, 4.69) is 58.3 Å². The van der Waals surface area contributed by atoms with Crippen LogP contribution in [0, 0.1) is 5.92 Å². The highest BCUT2D eigenvalue weighted by atomic mass is 16.4. The number of benzene rings is 2. The van der Waals surface area contributed by atoms with Crippen molar-refractivity contribution in [3.05, 3.63) is 60.7 Å². The Morgan fingerprint density at radius 3 is 2.20 bits per heavy atom. The normalized spacial score (nSPS) is 18.0. The Kier molecular flexibility index (Phi) is 6.07. The number of rotatable bonds is 7. The van der Waals surface area contributed by atoms with Crippen molar-refractivity contribution in [3.8, 4) is 0 Å². The van der Waals surface area contributed by atoms with Gasteiger partial charge in [-0.05, 0) is 56.6 Å². The van der Waals surface area contributed by atoms with E-state index >= 15 is 0 Å². The molecule has 2 aromatic carbocycles. The van der Waals surface area contributed by atoms with Gasteiger partial charge in [0.15, 0.2) is 0 Å². The van der Waals surface area contributed by atoms with Gasteiger partial charge in [0.2, 0.25) is 0 Å². The maximum Gasteiger partial charge on any atom is 0.307 e. The van der Waals surface area contributed by atoms with Gasteiger partial charge in [0.25, 0.3) is 0 Å². The van der Waals surface area contributed by atoms with Gasteiger partial charge >= 0.3 is 5.97 Å². The molecule has 1 N–H and O–H groups in total. The summed E-state index contributed by atoms with van der Waals surface area (Å²) in [6.45, 7) is 3.56. The third kappa shape index (κ3) is 4.83. The number of carboxylic acids is 1. The van der Waals surface area contributed by atoms with Crippen LogP contribution in [0.15, 0.2) is 60.7 Å². The van der Waals surface area contributed by atoms with Gasteiger partial charge in [-0.3, -0.25) is 4.79 Å². The zero-order valence-electron chi connectivity index (χ0n) is 14.6. The van der Waals surface area contributed by atoms with Crippen molar-refractivity contribution in [2.75, 3.05) is 31.1 Å². The molecule has 2 aromatic rings. The first kappa shape index (κ1) is 17.5. The maximum absolute atomic E-state index is 11.2. The Bertz CT molecular complexity index is 621. The molecule has 1 aliphatic rings. The molecule has 0 radical (unpaired) electrons. The SMILES string of the molecule is O=C(O)[C@@H]1CCCN(CCCN(c2ccccc2)c2ccccc2)C1. The number of likely N-dealkylation sites (tertiary alicyclic amines) is 1. The Hall–Kier alpha value is -2.33. The molecular weight excluding hydrogens is 312 g/mol. The zero-order valence-corrected chi connectivity index (χ0v) is 14.6. The van der Waals surface area contributed by atoms with Crippen LogP contribution in [0.5, 0.6) is 0 Å². The molecule has 1 fully saturated rings. The molecule has 4 heteroatoms. The molecule has 132 valence electrons. The van der Waals surface area contributed by atoms with E-state index in [0.29, 0.717) is 6.54 Å². The lowest BCUT2D eigenvalue weighted by molar-refractivity contribution is -0.143. The average molecular weight is 338 g/mol. The van der Waals surface area contributed by atoms with E-state index in [9.17, 15) is 9.90 Å². The van der Waals surface area contributed by atoms with E-state index in [-0.39, 0.29) is 5.92 Å². The number of nitrogens with zero attached hydrogens (tertiary/aromatic N) is 2. The van der Waals surface area contributed by atoms with Crippen LogP contribution in [0.4, 0.5) is 11.4 Å². The van der Waals surface area contributed by atoms with Crippen LogP contribution in [0.2, 0.25) is 0 Å². The fraction of sp³-hybridized carbons (Fsp3) is 0.381. The molecule has 0 aromatic heterocycles. The molecule has 0 saturated carbocycles. The molecule has 0 unspecified atom stereocenters. The smallest absolute Gasteiger partial charge is 0.307 e. The molecule has 1 aliphatic heterocycles. The number of hydrogen-bond acceptors (Lipinski definition) is 3. The summed E-state index contributed by atoms with van der Waals surface area (Å²) in [5.74, 6) is -0.854. The van der Waals surface area contributed by atoms with Crippen molar-refractivity contribution in [2.45, 2.75) is 19.3 Å². The summed E-state index contributed by atoms with van der Waals surface area (Å²) in [5.41, 5.74) is 2.38. The Balaban J connectivity index is 1.61. The van der Waals surface area contributed by atoms with Crippen molar-refractivity contribution >= 4 is 17.3 Å². The number of piperidine rings is 1. The molecule has 0 amide bonds. The molecular formula is C21H26N2O2. The average Bonchev–Trinajstić information content (AvgIpc) is 2.67. The first-order valence-corrected chi connectivity index (χ1v) is 9.07. The van der Waals surface area contributed by atoms with Gasteiger partial charge in [0, 0.05) is 24.5 Å². The standard InChI is InChI=1S/C21H26N2O2/c24-21(25)18-9-7-14-22(17-18)15-8-16-23(19-10-3-1-4-11-19)20-12-5-2-6-13-20/h1-6,10-13,18H,7-9,14-17H2,(H,24,25)/t18-/m1/s1. The van der Waals surface area contributed by atoms with Crippen molar-refractivity contribution in [1.82, 2.24) is 4.90 Å². The second kappa shape index (κ2) is 8.67. The lowest BCUT2D eigenvalue weighted by atomic mass is 9.98. The second-order valence-corrected chi connectivity index (χ2v) is 6.65. The highest BCUT2D eigenvalue weighted by Gasteiger charge is 2.25. The first-order chi connectivity index (χ1) is 12.2. The number of hydrogen-bond donors (Lipinski definition) is 1. The van der Waals surface area contributed by atoms with Crippen LogP contribution in [-0.2, 0) is 4.79 Å². The minimum atomic E-state index is -0.653. The number of para-hydroxylation sites is 2. The van der Waals surface area contributed by atoms with Gasteiger partial charge in [0.05, 0.1) is 5.92 Å². The Labute approximate surface area is 149 Å². The summed E-state index contributed by atoms with van der Waals surface area (Å²) in [5, 5.41) is 9.23. The topological polar surface area (TPSA) is 43.8 Å². The zero-order chi connectivity index (χ0) is 17.5. The monoisotopic (exact) mass is 338 g/mol. The summed E-state index contributed by atoms with van der Waals surface area (Å²) >= 11 is 0. The van der Waals surface area contributed by atoms with Gasteiger partial charge in [-0.1, -0.05) is 36.4 Å². The minimum Gasteiger partial charge on any atom is -0.481 e. The van der Waals surface area contributed by atoms with E-state index in [4.69, 9.17) is 0 Å². The second-order valence-electron chi connectivity index (χ2n) is 6.65. The van der Waals surface area contributed by atoms with Crippen molar-refractivity contribution in [3.63, 3.8) is 0 Å². The fourth-order valence-electron chi connectivity index (χ4n) is 3.54. The third-order valence-electron chi connectivity index (χ3n) is 4.85. The van der Waals surface area contributed by atoms with Gasteiger partial charge in [-0.25, -0.2) is 0 Å². The van der Waals surface area contributed by atoms with Gasteiger partial charge in [-0.2, -0.15) is 0 Å². The van der Waals surface area contributed by atoms with E-state index in [1.54, 1.807) is 0 Å². The van der Waals surface area contributed by atoms with Crippen LogP contribution in [0.1, 0.15) is 19.3 Å². The summed E-state index contributed by atoms with van der Waals surface area (Å²) in [7, 11) is 0. The number of carbonyl (C=O) groups is 1. The first-order valence-electron chi connectivity index (χ1n) is 9.07. The minimum absolute atomic E-state index is 0.201. The summed E-state index contributed by atoms with van der Waals surface area (Å²) in [6, 6.07) is 20.9. The maximum atomic E-state index is 11.2. The molecule has 0 bridgehead atoms. The number of aliphatic carboxylic acids is 1. The van der Waals surface area contributed by atoms with E-state index in [1.807, 2.05) is 12.1 Å². The highest BCUT2D eigenvalue weighted by molar-refractivity contribution is 5.70. The van der Waals surface area contributed by atoms with Crippen LogP contribution < -0.4 is 4.90 Å². The quantitative estimate of drug-likeness (QED) is 0.828. The Morgan fingerprint density at radius 2 is 1.64 bits per heavy atom. The number of carboxylic acid groups (broad SMARTS) is 1. The molecule has 3 rings (SSSR count). The molecule has 1 saturated heterocycles. The molecule has 0 aliphatic carbocycles. The lowest BCUT2D eigenvalue weighted by Crippen LogP contribution is -2.39. The van der Waals surface area contributed by atoms with Crippen LogP contribution >= 0.6 is 0 Å². The molecule has 4 nitrogen and oxygen atoms in total. The molecule has 1 atom stereocenters. The largest absolute Gasteiger partial charge is 0.481 e. The van der Waals surface area contributed by atoms with Gasteiger partial charge in [0.1, 0.15) is 0 Å². The predicted octanol–water partition coefficient (Wildman–Crippen LogP) is 4.01. The van der Waals surface area contributed by atoms with Crippen LogP contribution in [-0.4, -0.2) is 42.2 Å². The summed E-state index contributed by atoms with van der Waals surface area (Å²) < 4.78 is 0. The Morgan fingerprint density at radius 1 is 1.04 bits per heavy atom. The summed E-state index contributed by atoms with van der Waals surface area (Å²) in [4.78, 5) is 15.9. The van der Waals surface area contributed by atoms with Crippen molar-refractivity contribution in [1.29, 1.82) is 0 Å². The summed E-state index contributed by atoms with van der Waals surface area (Å²) in [6.07, 6.45) is 2.81. The van der Waals surface area contributed by atoms with Gasteiger partial charge < -0.3 is 14.9 Å². The van der Waals surface area contributed by atoms with E-state index in [1.165, 1.54) is 11.4 Å². The van der Waals surface area contributed by atoms with Gasteiger partial charge in [-0.15, -0.1) is 0 Å². The lowest BCUT2D eigenvalue weighted by Gasteiger charge is -2.32. The van der Waals surface area contributed by atoms with Crippen LogP contribution in [0.25, 0.3) is 0 Å². The molecule has 0 spiro atoms.